The average Bonchev–Trinajstić information content (AvgIpc) is 2.93. The van der Waals surface area contributed by atoms with E-state index in [0.717, 1.165) is 25.1 Å². The van der Waals surface area contributed by atoms with Gasteiger partial charge in [0.1, 0.15) is 5.75 Å². The van der Waals surface area contributed by atoms with Crippen molar-refractivity contribution < 1.29 is 13.2 Å². The maximum absolute atomic E-state index is 12.8. The highest BCUT2D eigenvalue weighted by Crippen LogP contribution is 2.27. The summed E-state index contributed by atoms with van der Waals surface area (Å²) in [5, 5.41) is 0. The van der Waals surface area contributed by atoms with E-state index < -0.39 is 10.0 Å². The molecule has 0 spiro atoms. The van der Waals surface area contributed by atoms with Crippen LogP contribution in [-0.4, -0.2) is 56.5 Å². The Morgan fingerprint density at radius 2 is 2.14 bits per heavy atom. The van der Waals surface area contributed by atoms with E-state index in [0.29, 0.717) is 18.3 Å². The van der Waals surface area contributed by atoms with Crippen LogP contribution in [0, 0.1) is 0 Å². The standard InChI is InChI=1S/C16H24N2O3S/c1-13-10-17-8-4-6-15(17)11-18(13)22(19,20)12-14-5-3-7-16(9-14)21-2/h3,5,7,9,13,15H,4,6,8,10-12H2,1-2H3/t13-,15+/m0/s1. The summed E-state index contributed by atoms with van der Waals surface area (Å²) in [6.45, 7) is 4.60. The van der Waals surface area contributed by atoms with Gasteiger partial charge in [0.15, 0.2) is 0 Å². The highest BCUT2D eigenvalue weighted by molar-refractivity contribution is 7.88. The maximum atomic E-state index is 12.8. The van der Waals surface area contributed by atoms with Crippen molar-refractivity contribution >= 4 is 10.0 Å². The molecule has 0 bridgehead atoms. The van der Waals surface area contributed by atoms with E-state index in [1.807, 2.05) is 25.1 Å². The van der Waals surface area contributed by atoms with Crippen LogP contribution in [0.5, 0.6) is 5.75 Å². The van der Waals surface area contributed by atoms with Crippen molar-refractivity contribution in [2.75, 3.05) is 26.7 Å². The molecule has 2 atom stereocenters. The molecule has 0 saturated carbocycles. The van der Waals surface area contributed by atoms with Crippen molar-refractivity contribution in [3.05, 3.63) is 29.8 Å². The second-order valence-electron chi connectivity index (χ2n) is 6.32. The molecule has 22 heavy (non-hydrogen) atoms. The van der Waals surface area contributed by atoms with E-state index in [1.54, 1.807) is 17.5 Å². The van der Waals surface area contributed by atoms with Gasteiger partial charge in [-0.2, -0.15) is 4.31 Å². The summed E-state index contributed by atoms with van der Waals surface area (Å²) < 4.78 is 32.5. The molecule has 3 rings (SSSR count). The number of fused-ring (bicyclic) bond motifs is 1. The Morgan fingerprint density at radius 1 is 1.32 bits per heavy atom. The summed E-state index contributed by atoms with van der Waals surface area (Å²) in [5.74, 6) is 0.739. The number of benzene rings is 1. The van der Waals surface area contributed by atoms with Gasteiger partial charge in [0, 0.05) is 25.2 Å². The Morgan fingerprint density at radius 3 is 2.91 bits per heavy atom. The van der Waals surface area contributed by atoms with Crippen molar-refractivity contribution in [1.29, 1.82) is 0 Å². The minimum Gasteiger partial charge on any atom is -0.497 e. The molecular formula is C16H24N2O3S. The lowest BCUT2D eigenvalue weighted by molar-refractivity contribution is 0.117. The number of piperazine rings is 1. The molecule has 2 heterocycles. The van der Waals surface area contributed by atoms with Crippen LogP contribution in [0.3, 0.4) is 0 Å². The third-order valence-corrected chi connectivity index (χ3v) is 6.64. The minimum absolute atomic E-state index is 0.0429. The maximum Gasteiger partial charge on any atom is 0.218 e. The fourth-order valence-corrected chi connectivity index (χ4v) is 5.38. The lowest BCUT2D eigenvalue weighted by Gasteiger charge is -2.41. The largest absolute Gasteiger partial charge is 0.497 e. The second kappa shape index (κ2) is 6.18. The van der Waals surface area contributed by atoms with Gasteiger partial charge in [0.25, 0.3) is 0 Å². The zero-order chi connectivity index (χ0) is 15.7. The number of ether oxygens (including phenoxy) is 1. The molecule has 0 unspecified atom stereocenters. The molecule has 1 aromatic rings. The third kappa shape index (κ3) is 3.14. The number of nitrogens with zero attached hydrogens (tertiary/aromatic N) is 2. The molecule has 1 aromatic carbocycles. The Balaban J connectivity index is 1.76. The van der Waals surface area contributed by atoms with E-state index >= 15 is 0 Å². The number of hydrogen-bond acceptors (Lipinski definition) is 4. The Bertz CT molecular complexity index is 632. The summed E-state index contributed by atoms with van der Waals surface area (Å²) >= 11 is 0. The molecular weight excluding hydrogens is 300 g/mol. The van der Waals surface area contributed by atoms with Crippen molar-refractivity contribution in [3.63, 3.8) is 0 Å². The van der Waals surface area contributed by atoms with Crippen LogP contribution in [0.4, 0.5) is 0 Å². The van der Waals surface area contributed by atoms with Gasteiger partial charge in [-0.3, -0.25) is 4.90 Å². The first-order chi connectivity index (χ1) is 10.5. The second-order valence-corrected chi connectivity index (χ2v) is 8.24. The zero-order valence-electron chi connectivity index (χ0n) is 13.2. The summed E-state index contributed by atoms with van der Waals surface area (Å²) in [5.41, 5.74) is 0.778. The molecule has 0 N–H and O–H groups in total. The lowest BCUT2D eigenvalue weighted by atomic mass is 10.1. The molecule has 5 nitrogen and oxygen atoms in total. The first-order valence-electron chi connectivity index (χ1n) is 7.86. The highest BCUT2D eigenvalue weighted by Gasteiger charge is 2.39. The van der Waals surface area contributed by atoms with E-state index in [-0.39, 0.29) is 11.8 Å². The van der Waals surface area contributed by atoms with Crippen LogP contribution in [0.15, 0.2) is 24.3 Å². The van der Waals surface area contributed by atoms with Crippen LogP contribution < -0.4 is 4.74 Å². The summed E-state index contributed by atoms with van der Waals surface area (Å²) in [6, 6.07) is 7.75. The van der Waals surface area contributed by atoms with Crippen LogP contribution in [-0.2, 0) is 15.8 Å². The molecule has 2 aliphatic heterocycles. The normalized spacial score (nSPS) is 26.8. The van der Waals surface area contributed by atoms with Gasteiger partial charge in [-0.25, -0.2) is 8.42 Å². The number of hydrogen-bond donors (Lipinski definition) is 0. The van der Waals surface area contributed by atoms with Crippen LogP contribution >= 0.6 is 0 Å². The van der Waals surface area contributed by atoms with Gasteiger partial charge in [0.05, 0.1) is 12.9 Å². The molecule has 6 heteroatoms. The number of methoxy groups -OCH3 is 1. The fraction of sp³-hybridized carbons (Fsp3) is 0.625. The fourth-order valence-electron chi connectivity index (χ4n) is 3.60. The van der Waals surface area contributed by atoms with Gasteiger partial charge < -0.3 is 4.74 Å². The molecule has 0 aromatic heterocycles. The molecule has 0 amide bonds. The first-order valence-corrected chi connectivity index (χ1v) is 9.47. The van der Waals surface area contributed by atoms with E-state index in [4.69, 9.17) is 4.74 Å². The zero-order valence-corrected chi connectivity index (χ0v) is 14.1. The van der Waals surface area contributed by atoms with Gasteiger partial charge in [-0.15, -0.1) is 0 Å². The topological polar surface area (TPSA) is 49.9 Å². The SMILES string of the molecule is COc1cccc(CS(=O)(=O)N2C[C@H]3CCCN3C[C@@H]2C)c1. The predicted octanol–water partition coefficient (Wildman–Crippen LogP) is 1.69. The average molecular weight is 324 g/mol. The molecule has 122 valence electrons. The smallest absolute Gasteiger partial charge is 0.218 e. The Labute approximate surface area is 132 Å². The quantitative estimate of drug-likeness (QED) is 0.846. The number of sulfonamides is 1. The highest BCUT2D eigenvalue weighted by atomic mass is 32.2. The van der Waals surface area contributed by atoms with Crippen molar-refractivity contribution in [3.8, 4) is 5.75 Å². The van der Waals surface area contributed by atoms with Crippen molar-refractivity contribution in [2.24, 2.45) is 0 Å². The molecule has 2 fully saturated rings. The van der Waals surface area contributed by atoms with E-state index in [9.17, 15) is 8.42 Å². The molecule has 0 aliphatic carbocycles. The minimum atomic E-state index is -3.30. The number of rotatable bonds is 4. The van der Waals surface area contributed by atoms with Gasteiger partial charge in [0.2, 0.25) is 10.0 Å². The van der Waals surface area contributed by atoms with Crippen LogP contribution in [0.25, 0.3) is 0 Å². The van der Waals surface area contributed by atoms with Gasteiger partial charge >= 0.3 is 0 Å². The van der Waals surface area contributed by atoms with Crippen molar-refractivity contribution in [1.82, 2.24) is 9.21 Å². The first kappa shape index (κ1) is 15.8. The summed E-state index contributed by atoms with van der Waals surface area (Å²) in [7, 11) is -1.71. The lowest BCUT2D eigenvalue weighted by Crippen LogP contribution is -2.56. The molecule has 2 saturated heterocycles. The van der Waals surface area contributed by atoms with Gasteiger partial charge in [-0.1, -0.05) is 12.1 Å². The van der Waals surface area contributed by atoms with Crippen molar-refractivity contribution in [2.45, 2.75) is 37.6 Å². The summed E-state index contributed by atoms with van der Waals surface area (Å²) in [4.78, 5) is 2.43. The van der Waals surface area contributed by atoms with E-state index in [2.05, 4.69) is 4.90 Å². The Hall–Kier alpha value is -1.11. The van der Waals surface area contributed by atoms with E-state index in [1.165, 1.54) is 6.42 Å². The summed E-state index contributed by atoms with van der Waals surface area (Å²) in [6.07, 6.45) is 2.29. The third-order valence-electron chi connectivity index (χ3n) is 4.72. The monoisotopic (exact) mass is 324 g/mol. The molecule has 2 aliphatic rings. The molecule has 0 radical (unpaired) electrons. The van der Waals surface area contributed by atoms with Crippen LogP contribution in [0.2, 0.25) is 0 Å². The van der Waals surface area contributed by atoms with Crippen LogP contribution in [0.1, 0.15) is 25.3 Å². The van der Waals surface area contributed by atoms with Gasteiger partial charge in [-0.05, 0) is 44.0 Å². The predicted molar refractivity (Wildman–Crippen MR) is 86.4 cm³/mol. The Kier molecular flexibility index (Phi) is 4.43.